The zero-order valence-electron chi connectivity index (χ0n) is 32.0. The van der Waals surface area contributed by atoms with Crippen LogP contribution in [0.4, 0.5) is 0 Å². The summed E-state index contributed by atoms with van der Waals surface area (Å²) >= 11 is 0. The molecule has 1 N–H and O–H groups in total. The van der Waals surface area contributed by atoms with Gasteiger partial charge in [-0.25, -0.2) is 0 Å². The number of hydrogen-bond donors (Lipinski definition) is 1. The highest BCUT2D eigenvalue weighted by atomic mass is 16.6. The van der Waals surface area contributed by atoms with Gasteiger partial charge in [0.2, 0.25) is 0 Å². The SMILES string of the molecule is C=C1[C@H](OC(C)=O)[C@@H](OC(C)=O)[C@@H](OC(C)=O)C(C)(C)/C=C/[C@H](C)[C@H](OC(C)=O)[C@@]2(O)C[C@@](C)(OC(C)=O)[C@H](OCc3ccccc3)[C@@H]2[C@H]1OC(C)=O. The molecule has 1 aromatic rings. The molecule has 0 spiro atoms. The summed E-state index contributed by atoms with van der Waals surface area (Å²) in [6.07, 6.45) is -6.14. The highest BCUT2D eigenvalue weighted by Crippen LogP contribution is 2.54. The first-order valence-electron chi connectivity index (χ1n) is 17.3. The topological polar surface area (TPSA) is 187 Å². The van der Waals surface area contributed by atoms with Gasteiger partial charge in [0.05, 0.1) is 12.5 Å². The molecule has 2 aliphatic rings. The maximum absolute atomic E-state index is 13.2. The Balaban J connectivity index is 2.52. The summed E-state index contributed by atoms with van der Waals surface area (Å²) in [5.74, 6) is -7.10. The Morgan fingerprint density at radius 1 is 0.717 bits per heavy atom. The van der Waals surface area contributed by atoms with Crippen LogP contribution in [0.1, 0.15) is 81.2 Å². The summed E-state index contributed by atoms with van der Waals surface area (Å²) in [4.78, 5) is 76.7. The number of benzene rings is 1. The van der Waals surface area contributed by atoms with E-state index < -0.39 is 107 Å². The third kappa shape index (κ3) is 10.3. The Bertz CT molecular complexity index is 1580. The monoisotopic (exact) mass is 744 g/mol. The van der Waals surface area contributed by atoms with E-state index in [1.54, 1.807) is 57.2 Å². The van der Waals surface area contributed by atoms with E-state index >= 15 is 0 Å². The van der Waals surface area contributed by atoms with Gasteiger partial charge in [-0.1, -0.05) is 69.8 Å². The molecule has 1 aromatic carbocycles. The number of carbonyl (C=O) groups is 6. The van der Waals surface area contributed by atoms with Crippen molar-refractivity contribution in [2.45, 2.75) is 130 Å². The van der Waals surface area contributed by atoms with E-state index in [1.165, 1.54) is 13.8 Å². The van der Waals surface area contributed by atoms with E-state index in [2.05, 4.69) is 6.58 Å². The van der Waals surface area contributed by atoms with Crippen molar-refractivity contribution in [1.29, 1.82) is 0 Å². The fourth-order valence-electron chi connectivity index (χ4n) is 7.58. The lowest BCUT2D eigenvalue weighted by molar-refractivity contribution is -0.201. The van der Waals surface area contributed by atoms with Crippen LogP contribution in [-0.2, 0) is 68.5 Å². The zero-order chi connectivity index (χ0) is 40.1. The molecule has 1 saturated carbocycles. The average Bonchev–Trinajstić information content (AvgIpc) is 3.25. The molecule has 10 atom stereocenters. The maximum atomic E-state index is 13.2. The Labute approximate surface area is 310 Å². The normalized spacial score (nSPS) is 33.1. The van der Waals surface area contributed by atoms with Gasteiger partial charge in [0.25, 0.3) is 0 Å². The summed E-state index contributed by atoms with van der Waals surface area (Å²) in [6.45, 7) is 17.5. The van der Waals surface area contributed by atoms with Gasteiger partial charge >= 0.3 is 35.8 Å². The Kier molecular flexibility index (Phi) is 13.8. The molecule has 0 amide bonds. The van der Waals surface area contributed by atoms with Crippen molar-refractivity contribution in [3.8, 4) is 0 Å². The molecule has 0 unspecified atom stereocenters. The smallest absolute Gasteiger partial charge is 0.303 e. The number of fused-ring (bicyclic) bond motifs is 1. The van der Waals surface area contributed by atoms with Crippen molar-refractivity contribution < 1.29 is 67.0 Å². The van der Waals surface area contributed by atoms with Gasteiger partial charge < -0.3 is 38.3 Å². The van der Waals surface area contributed by atoms with Gasteiger partial charge in [-0.3, -0.25) is 28.8 Å². The number of carbonyl (C=O) groups excluding carboxylic acids is 6. The molecule has 53 heavy (non-hydrogen) atoms. The molecule has 0 radical (unpaired) electrons. The van der Waals surface area contributed by atoms with Crippen LogP contribution in [0.5, 0.6) is 0 Å². The van der Waals surface area contributed by atoms with E-state index in [9.17, 15) is 33.9 Å². The number of ether oxygens (including phenoxy) is 7. The van der Waals surface area contributed by atoms with Crippen molar-refractivity contribution in [1.82, 2.24) is 0 Å². The van der Waals surface area contributed by atoms with E-state index in [4.69, 9.17) is 33.2 Å². The largest absolute Gasteiger partial charge is 0.459 e. The van der Waals surface area contributed by atoms with Gasteiger partial charge in [-0.15, -0.1) is 0 Å². The zero-order valence-corrected chi connectivity index (χ0v) is 32.0. The summed E-state index contributed by atoms with van der Waals surface area (Å²) < 4.78 is 41.7. The molecule has 3 rings (SSSR count). The van der Waals surface area contributed by atoms with Crippen LogP contribution in [-0.4, -0.2) is 88.7 Å². The lowest BCUT2D eigenvalue weighted by Gasteiger charge is -2.46. The van der Waals surface area contributed by atoms with Gasteiger partial charge in [-0.05, 0) is 12.5 Å². The van der Waals surface area contributed by atoms with E-state index in [0.717, 1.165) is 34.6 Å². The second-order valence-electron chi connectivity index (χ2n) is 14.6. The number of hydrogen-bond acceptors (Lipinski definition) is 14. The van der Waals surface area contributed by atoms with Gasteiger partial charge in [0.15, 0.2) is 18.3 Å². The molecule has 2 aliphatic carbocycles. The molecule has 1 fully saturated rings. The minimum atomic E-state index is -2.22. The minimum Gasteiger partial charge on any atom is -0.459 e. The first-order chi connectivity index (χ1) is 24.5. The maximum Gasteiger partial charge on any atom is 0.303 e. The predicted octanol–water partition coefficient (Wildman–Crippen LogP) is 4.09. The van der Waals surface area contributed by atoms with Crippen molar-refractivity contribution >= 4 is 35.8 Å². The Morgan fingerprint density at radius 2 is 1.23 bits per heavy atom. The lowest BCUT2D eigenvalue weighted by atomic mass is 9.71. The molecule has 0 heterocycles. The third-order valence-electron chi connectivity index (χ3n) is 9.45. The van der Waals surface area contributed by atoms with Crippen LogP contribution in [0, 0.1) is 17.3 Å². The Hall–Kier alpha value is -4.56. The molecular weight excluding hydrogens is 692 g/mol. The Morgan fingerprint density at radius 3 is 1.74 bits per heavy atom. The van der Waals surface area contributed by atoms with Gasteiger partial charge in [0, 0.05) is 64.9 Å². The quantitative estimate of drug-likeness (QED) is 0.216. The number of esters is 6. The third-order valence-corrected chi connectivity index (χ3v) is 9.45. The van der Waals surface area contributed by atoms with Crippen LogP contribution in [0.2, 0.25) is 0 Å². The summed E-state index contributed by atoms with van der Waals surface area (Å²) in [6, 6.07) is 8.98. The van der Waals surface area contributed by atoms with Crippen molar-refractivity contribution in [2.24, 2.45) is 17.3 Å². The molecule has 0 bridgehead atoms. The van der Waals surface area contributed by atoms with Gasteiger partial charge in [-0.2, -0.15) is 0 Å². The highest BCUT2D eigenvalue weighted by molar-refractivity contribution is 5.70. The van der Waals surface area contributed by atoms with Crippen LogP contribution < -0.4 is 0 Å². The van der Waals surface area contributed by atoms with Crippen LogP contribution >= 0.6 is 0 Å². The van der Waals surface area contributed by atoms with Crippen LogP contribution in [0.25, 0.3) is 0 Å². The standard InChI is InChI=1S/C39H52O14/c1-21-17-18-37(9,10)36(52-27(7)44)33(50-25(5)42)32(49-24(4)41)22(2)31(48-23(3)40)30-35(47-19-29-15-13-12-14-16-29)38(11,53-28(8)45)20-39(30,46)34(21)51-26(6)43/h12-18,21,30-36,46H,2,19-20H2,1,3-11H3/b18-17+/t21-,30-,31-,32-,33+,34-,35+,36+,38+,39+/m0/s1. The fourth-order valence-corrected chi connectivity index (χ4v) is 7.58. The summed E-state index contributed by atoms with van der Waals surface area (Å²) in [7, 11) is 0. The van der Waals surface area contributed by atoms with Crippen molar-refractivity contribution in [2.75, 3.05) is 0 Å². The molecule has 0 aliphatic heterocycles. The van der Waals surface area contributed by atoms with E-state index in [0.29, 0.717) is 5.56 Å². The molecule has 14 heteroatoms. The first kappa shape index (κ1) is 42.8. The second kappa shape index (κ2) is 17.1. The summed E-state index contributed by atoms with van der Waals surface area (Å²) in [5.41, 5.74) is -4.60. The van der Waals surface area contributed by atoms with Crippen LogP contribution in [0.15, 0.2) is 54.6 Å². The second-order valence-corrected chi connectivity index (χ2v) is 14.6. The van der Waals surface area contributed by atoms with E-state index in [1.807, 2.05) is 6.07 Å². The first-order valence-corrected chi connectivity index (χ1v) is 17.3. The van der Waals surface area contributed by atoms with E-state index in [-0.39, 0.29) is 12.2 Å². The van der Waals surface area contributed by atoms with Crippen LogP contribution in [0.3, 0.4) is 0 Å². The summed E-state index contributed by atoms with van der Waals surface area (Å²) in [5, 5.41) is 13.2. The van der Waals surface area contributed by atoms with Crippen molar-refractivity contribution in [3.63, 3.8) is 0 Å². The molecule has 0 saturated heterocycles. The number of aliphatic hydroxyl groups is 1. The minimum absolute atomic E-state index is 0.0753. The van der Waals surface area contributed by atoms with Gasteiger partial charge in [0.1, 0.15) is 29.5 Å². The average molecular weight is 745 g/mol. The number of rotatable bonds is 9. The lowest BCUT2D eigenvalue weighted by Crippen LogP contribution is -2.59. The molecular formula is C39H52O14. The molecule has 292 valence electrons. The van der Waals surface area contributed by atoms with Crippen molar-refractivity contribution in [3.05, 3.63) is 60.2 Å². The molecule has 0 aromatic heterocycles. The highest BCUT2D eigenvalue weighted by Gasteiger charge is 2.69. The fraction of sp³-hybridized carbons (Fsp3) is 0.590. The predicted molar refractivity (Wildman–Crippen MR) is 187 cm³/mol. The molecule has 14 nitrogen and oxygen atoms in total.